The molecule has 0 atom stereocenters. The van der Waals surface area contributed by atoms with Crippen LogP contribution in [0.4, 0.5) is 0 Å². The predicted octanol–water partition coefficient (Wildman–Crippen LogP) is 2.30. The lowest BCUT2D eigenvalue weighted by Crippen LogP contribution is -2.09. The number of phenolic OH excluding ortho intramolecular Hbond substituents is 1. The highest BCUT2D eigenvalue weighted by Crippen LogP contribution is 2.20. The average Bonchev–Trinajstić information content (AvgIpc) is 2.39. The third-order valence-electron chi connectivity index (χ3n) is 2.73. The Hall–Kier alpha value is -2.62. The lowest BCUT2D eigenvalue weighted by molar-refractivity contribution is 0.475. The summed E-state index contributed by atoms with van der Waals surface area (Å²) in [4.78, 5) is 19.0. The van der Waals surface area contributed by atoms with Crippen molar-refractivity contribution in [1.29, 1.82) is 0 Å². The van der Waals surface area contributed by atoms with Gasteiger partial charge in [0, 0.05) is 5.56 Å². The van der Waals surface area contributed by atoms with Crippen molar-refractivity contribution in [2.45, 2.75) is 0 Å². The van der Waals surface area contributed by atoms with Gasteiger partial charge in [-0.05, 0) is 24.3 Å². The Kier molecular flexibility index (Phi) is 2.34. The molecule has 1 heterocycles. The van der Waals surface area contributed by atoms with Crippen molar-refractivity contribution < 1.29 is 5.11 Å². The first-order valence-corrected chi connectivity index (χ1v) is 5.52. The highest BCUT2D eigenvalue weighted by Gasteiger charge is 2.05. The molecule has 0 saturated heterocycles. The second kappa shape index (κ2) is 4.00. The topological polar surface area (TPSA) is 66.0 Å². The van der Waals surface area contributed by atoms with Crippen LogP contribution in [-0.2, 0) is 0 Å². The van der Waals surface area contributed by atoms with Crippen molar-refractivity contribution in [3.05, 3.63) is 58.9 Å². The van der Waals surface area contributed by atoms with E-state index in [-0.39, 0.29) is 11.3 Å². The molecule has 4 heteroatoms. The molecule has 0 aliphatic heterocycles. The fourth-order valence-electron chi connectivity index (χ4n) is 1.88. The molecule has 3 aromatic rings. The summed E-state index contributed by atoms with van der Waals surface area (Å²) in [6, 6.07) is 13.8. The van der Waals surface area contributed by atoms with Crippen molar-refractivity contribution in [2.24, 2.45) is 0 Å². The van der Waals surface area contributed by atoms with Gasteiger partial charge in [-0.3, -0.25) is 4.79 Å². The molecule has 3 rings (SSSR count). The van der Waals surface area contributed by atoms with Crippen molar-refractivity contribution in [1.82, 2.24) is 9.97 Å². The number of fused-ring (bicyclic) bond motifs is 1. The van der Waals surface area contributed by atoms with Crippen LogP contribution in [0.5, 0.6) is 5.75 Å². The summed E-state index contributed by atoms with van der Waals surface area (Å²) in [7, 11) is 0. The standard InChI is InChI=1S/C14H10N2O2/c17-10-5-3-4-9(8-10)13-15-12-7-2-1-6-11(12)14(18)16-13/h1-8,17H,(H,15,16,18). The molecule has 18 heavy (non-hydrogen) atoms. The minimum atomic E-state index is -0.182. The minimum Gasteiger partial charge on any atom is -0.508 e. The maximum absolute atomic E-state index is 11.9. The maximum Gasteiger partial charge on any atom is 0.259 e. The van der Waals surface area contributed by atoms with E-state index < -0.39 is 0 Å². The van der Waals surface area contributed by atoms with Gasteiger partial charge in [-0.15, -0.1) is 0 Å². The Labute approximate surface area is 103 Å². The Morgan fingerprint density at radius 3 is 2.72 bits per heavy atom. The maximum atomic E-state index is 11.9. The average molecular weight is 238 g/mol. The molecule has 2 aromatic carbocycles. The largest absolute Gasteiger partial charge is 0.508 e. The number of phenols is 1. The van der Waals surface area contributed by atoms with Crippen LogP contribution >= 0.6 is 0 Å². The molecular weight excluding hydrogens is 228 g/mol. The molecule has 2 N–H and O–H groups in total. The highest BCUT2D eigenvalue weighted by atomic mass is 16.3. The van der Waals surface area contributed by atoms with Gasteiger partial charge >= 0.3 is 0 Å². The first-order chi connectivity index (χ1) is 8.74. The lowest BCUT2D eigenvalue weighted by atomic mass is 10.2. The Bertz CT molecular complexity index is 778. The second-order valence-electron chi connectivity index (χ2n) is 3.98. The van der Waals surface area contributed by atoms with E-state index in [2.05, 4.69) is 9.97 Å². The fourth-order valence-corrected chi connectivity index (χ4v) is 1.88. The SMILES string of the molecule is O=c1[nH]c(-c2cccc(O)c2)nc2ccccc12. The monoisotopic (exact) mass is 238 g/mol. The molecule has 0 amide bonds. The van der Waals surface area contributed by atoms with Crippen LogP contribution in [0.1, 0.15) is 0 Å². The number of hydrogen-bond acceptors (Lipinski definition) is 3. The summed E-state index contributed by atoms with van der Waals surface area (Å²) in [5.74, 6) is 0.595. The molecule has 0 unspecified atom stereocenters. The number of nitrogens with one attached hydrogen (secondary N) is 1. The van der Waals surface area contributed by atoms with Crippen LogP contribution < -0.4 is 5.56 Å². The van der Waals surface area contributed by atoms with Gasteiger partial charge in [0.15, 0.2) is 0 Å². The van der Waals surface area contributed by atoms with Crippen LogP contribution in [-0.4, -0.2) is 15.1 Å². The first-order valence-electron chi connectivity index (χ1n) is 5.52. The van der Waals surface area contributed by atoms with Crippen molar-refractivity contribution >= 4 is 10.9 Å². The third-order valence-corrected chi connectivity index (χ3v) is 2.73. The Morgan fingerprint density at radius 1 is 1.06 bits per heavy atom. The summed E-state index contributed by atoms with van der Waals surface area (Å²) in [6.07, 6.45) is 0. The van der Waals surface area contributed by atoms with Crippen LogP contribution in [0.3, 0.4) is 0 Å². The van der Waals surface area contributed by atoms with Crippen LogP contribution in [0.15, 0.2) is 53.3 Å². The smallest absolute Gasteiger partial charge is 0.259 e. The molecule has 0 spiro atoms. The van der Waals surface area contributed by atoms with E-state index in [1.54, 1.807) is 42.5 Å². The zero-order chi connectivity index (χ0) is 12.5. The van der Waals surface area contributed by atoms with Crippen LogP contribution in [0.2, 0.25) is 0 Å². The number of aromatic nitrogens is 2. The summed E-state index contributed by atoms with van der Waals surface area (Å²) in [5.41, 5.74) is 1.14. The summed E-state index contributed by atoms with van der Waals surface area (Å²) < 4.78 is 0. The predicted molar refractivity (Wildman–Crippen MR) is 69.5 cm³/mol. The minimum absolute atomic E-state index is 0.142. The second-order valence-corrected chi connectivity index (χ2v) is 3.98. The number of rotatable bonds is 1. The Morgan fingerprint density at radius 2 is 1.89 bits per heavy atom. The number of hydrogen-bond donors (Lipinski definition) is 2. The molecule has 0 fully saturated rings. The fraction of sp³-hybridized carbons (Fsp3) is 0. The number of benzene rings is 2. The van der Waals surface area contributed by atoms with E-state index in [4.69, 9.17) is 0 Å². The van der Waals surface area contributed by atoms with Crippen molar-refractivity contribution in [2.75, 3.05) is 0 Å². The quantitative estimate of drug-likeness (QED) is 0.683. The van der Waals surface area contributed by atoms with Crippen LogP contribution in [0.25, 0.3) is 22.3 Å². The lowest BCUT2D eigenvalue weighted by Gasteiger charge is -2.03. The van der Waals surface area contributed by atoms with Gasteiger partial charge in [0.2, 0.25) is 0 Å². The molecule has 0 saturated carbocycles. The van der Waals surface area contributed by atoms with Gasteiger partial charge in [-0.1, -0.05) is 24.3 Å². The molecular formula is C14H10N2O2. The van der Waals surface area contributed by atoms with E-state index in [0.29, 0.717) is 22.3 Å². The Balaban J connectivity index is 2.28. The van der Waals surface area contributed by atoms with Gasteiger partial charge in [-0.2, -0.15) is 0 Å². The first kappa shape index (κ1) is 10.5. The number of H-pyrrole nitrogens is 1. The van der Waals surface area contributed by atoms with Crippen molar-refractivity contribution in [3.8, 4) is 17.1 Å². The molecule has 0 bridgehead atoms. The number of nitrogens with zero attached hydrogens (tertiary/aromatic N) is 1. The molecule has 88 valence electrons. The van der Waals surface area contributed by atoms with Gasteiger partial charge in [0.1, 0.15) is 11.6 Å². The summed E-state index contributed by atoms with van der Waals surface area (Å²) in [5, 5.41) is 9.99. The van der Waals surface area contributed by atoms with Gasteiger partial charge in [-0.25, -0.2) is 4.98 Å². The zero-order valence-electron chi connectivity index (χ0n) is 9.42. The van der Waals surface area contributed by atoms with E-state index in [9.17, 15) is 9.90 Å². The van der Waals surface area contributed by atoms with Crippen LogP contribution in [0, 0.1) is 0 Å². The molecule has 0 aliphatic rings. The molecule has 1 aromatic heterocycles. The molecule has 4 nitrogen and oxygen atoms in total. The third kappa shape index (κ3) is 1.73. The van der Waals surface area contributed by atoms with E-state index in [0.717, 1.165) is 0 Å². The number of aromatic amines is 1. The molecule has 0 aliphatic carbocycles. The van der Waals surface area contributed by atoms with Crippen molar-refractivity contribution in [3.63, 3.8) is 0 Å². The number of aromatic hydroxyl groups is 1. The molecule has 0 radical (unpaired) electrons. The summed E-state index contributed by atoms with van der Waals surface area (Å²) in [6.45, 7) is 0. The van der Waals surface area contributed by atoms with Gasteiger partial charge in [0.25, 0.3) is 5.56 Å². The summed E-state index contributed by atoms with van der Waals surface area (Å²) >= 11 is 0. The van der Waals surface area contributed by atoms with Gasteiger partial charge in [0.05, 0.1) is 10.9 Å². The highest BCUT2D eigenvalue weighted by molar-refractivity contribution is 5.79. The normalized spacial score (nSPS) is 10.7. The van der Waals surface area contributed by atoms with E-state index >= 15 is 0 Å². The number of para-hydroxylation sites is 1. The van der Waals surface area contributed by atoms with E-state index in [1.165, 1.54) is 0 Å². The van der Waals surface area contributed by atoms with E-state index in [1.807, 2.05) is 6.07 Å². The van der Waals surface area contributed by atoms with Gasteiger partial charge < -0.3 is 10.1 Å². The zero-order valence-corrected chi connectivity index (χ0v) is 9.42.